The average molecular weight is 303 g/mol. The summed E-state index contributed by atoms with van der Waals surface area (Å²) in [5.41, 5.74) is 3.27. The van der Waals surface area contributed by atoms with Crippen LogP contribution in [0.5, 0.6) is 0 Å². The van der Waals surface area contributed by atoms with Gasteiger partial charge in [-0.3, -0.25) is 9.89 Å². The van der Waals surface area contributed by atoms with Gasteiger partial charge >= 0.3 is 0 Å². The van der Waals surface area contributed by atoms with Gasteiger partial charge in [-0.05, 0) is 49.1 Å². The van der Waals surface area contributed by atoms with Crippen LogP contribution in [0.1, 0.15) is 35.6 Å². The highest BCUT2D eigenvalue weighted by Crippen LogP contribution is 2.18. The molecule has 3 rings (SSSR count). The molecule has 1 atom stereocenters. The molecule has 22 heavy (non-hydrogen) atoms. The standard InChI is InChI=1S/C14H21N7O/c1-9-12(10(2)17-16-9)5-7-15-14(22)11-3-4-13-18-19-20-21(13)8-6-11/h11H,3-8H2,1-2H3,(H,15,22)(H,16,17). The van der Waals surface area contributed by atoms with Crippen molar-refractivity contribution in [2.45, 2.75) is 46.1 Å². The van der Waals surface area contributed by atoms with E-state index in [-0.39, 0.29) is 11.8 Å². The first-order valence-electron chi connectivity index (χ1n) is 7.68. The lowest BCUT2D eigenvalue weighted by molar-refractivity contribution is -0.125. The lowest BCUT2D eigenvalue weighted by Crippen LogP contribution is -2.32. The summed E-state index contributed by atoms with van der Waals surface area (Å²) >= 11 is 0. The fourth-order valence-corrected chi connectivity index (χ4v) is 2.96. The number of fused-ring (bicyclic) bond motifs is 1. The van der Waals surface area contributed by atoms with Gasteiger partial charge in [0.25, 0.3) is 0 Å². The number of carbonyl (C=O) groups is 1. The van der Waals surface area contributed by atoms with Crippen LogP contribution < -0.4 is 5.32 Å². The van der Waals surface area contributed by atoms with E-state index in [1.54, 1.807) is 4.68 Å². The first kappa shape index (κ1) is 14.7. The summed E-state index contributed by atoms with van der Waals surface area (Å²) in [4.78, 5) is 12.3. The van der Waals surface area contributed by atoms with E-state index in [1.807, 2.05) is 13.8 Å². The smallest absolute Gasteiger partial charge is 0.223 e. The van der Waals surface area contributed by atoms with Crippen molar-refractivity contribution in [2.75, 3.05) is 6.54 Å². The molecule has 0 radical (unpaired) electrons. The van der Waals surface area contributed by atoms with Gasteiger partial charge in [0.15, 0.2) is 5.82 Å². The van der Waals surface area contributed by atoms with Crippen molar-refractivity contribution in [1.29, 1.82) is 0 Å². The Balaban J connectivity index is 1.49. The zero-order valence-corrected chi connectivity index (χ0v) is 13.0. The van der Waals surface area contributed by atoms with Crippen molar-refractivity contribution in [3.05, 3.63) is 22.8 Å². The van der Waals surface area contributed by atoms with E-state index in [1.165, 1.54) is 5.56 Å². The number of carbonyl (C=O) groups excluding carboxylic acids is 1. The van der Waals surface area contributed by atoms with Gasteiger partial charge in [0.05, 0.1) is 5.69 Å². The molecule has 0 bridgehead atoms. The van der Waals surface area contributed by atoms with E-state index in [2.05, 4.69) is 31.0 Å². The van der Waals surface area contributed by atoms with Crippen LogP contribution in [0.25, 0.3) is 0 Å². The molecule has 0 fully saturated rings. The molecular weight excluding hydrogens is 282 g/mol. The normalized spacial score (nSPS) is 17.8. The molecule has 2 aromatic rings. The van der Waals surface area contributed by atoms with Crippen LogP contribution in [0.15, 0.2) is 0 Å². The van der Waals surface area contributed by atoms with Crippen molar-refractivity contribution in [3.8, 4) is 0 Å². The van der Waals surface area contributed by atoms with Gasteiger partial charge in [0, 0.05) is 31.1 Å². The molecule has 118 valence electrons. The third-order valence-corrected chi connectivity index (χ3v) is 4.34. The van der Waals surface area contributed by atoms with E-state index in [9.17, 15) is 4.79 Å². The second-order valence-corrected chi connectivity index (χ2v) is 5.80. The summed E-state index contributed by atoms with van der Waals surface area (Å²) in [6.07, 6.45) is 3.15. The highest BCUT2D eigenvalue weighted by atomic mass is 16.1. The Morgan fingerprint density at radius 3 is 3.05 bits per heavy atom. The Hall–Kier alpha value is -2.25. The minimum Gasteiger partial charge on any atom is -0.356 e. The SMILES string of the molecule is Cc1n[nH]c(C)c1CCNC(=O)C1CCc2nnnn2CC1. The van der Waals surface area contributed by atoms with Crippen LogP contribution in [0.2, 0.25) is 0 Å². The van der Waals surface area contributed by atoms with Crippen molar-refractivity contribution >= 4 is 5.91 Å². The monoisotopic (exact) mass is 303 g/mol. The molecule has 1 unspecified atom stereocenters. The minimum atomic E-state index is 0.0232. The number of aromatic nitrogens is 6. The number of hydrogen-bond donors (Lipinski definition) is 2. The van der Waals surface area contributed by atoms with Crippen LogP contribution >= 0.6 is 0 Å². The van der Waals surface area contributed by atoms with Gasteiger partial charge in [-0.15, -0.1) is 5.10 Å². The molecule has 1 amide bonds. The largest absolute Gasteiger partial charge is 0.356 e. The highest BCUT2D eigenvalue weighted by Gasteiger charge is 2.23. The van der Waals surface area contributed by atoms with E-state index in [0.717, 1.165) is 42.9 Å². The third kappa shape index (κ3) is 3.00. The summed E-state index contributed by atoms with van der Waals surface area (Å²) in [5, 5.41) is 21.8. The van der Waals surface area contributed by atoms with Gasteiger partial charge < -0.3 is 5.32 Å². The zero-order chi connectivity index (χ0) is 15.5. The predicted octanol–water partition coefficient (Wildman–Crippen LogP) is 0.324. The van der Waals surface area contributed by atoms with Gasteiger partial charge in [-0.1, -0.05) is 0 Å². The summed E-state index contributed by atoms with van der Waals surface area (Å²) in [7, 11) is 0. The van der Waals surface area contributed by atoms with E-state index in [0.29, 0.717) is 13.1 Å². The topological polar surface area (TPSA) is 101 Å². The van der Waals surface area contributed by atoms with Crippen LogP contribution in [0.4, 0.5) is 0 Å². The molecule has 8 nitrogen and oxygen atoms in total. The number of nitrogens with one attached hydrogen (secondary N) is 2. The van der Waals surface area contributed by atoms with Gasteiger partial charge in [-0.25, -0.2) is 4.68 Å². The van der Waals surface area contributed by atoms with Crippen molar-refractivity contribution in [1.82, 2.24) is 35.7 Å². The Morgan fingerprint density at radius 1 is 1.41 bits per heavy atom. The number of amides is 1. The van der Waals surface area contributed by atoms with Crippen molar-refractivity contribution < 1.29 is 4.79 Å². The Morgan fingerprint density at radius 2 is 2.27 bits per heavy atom. The Bertz CT molecular complexity index is 618. The molecule has 1 aliphatic heterocycles. The Labute approximate surface area is 128 Å². The van der Waals surface area contributed by atoms with Gasteiger partial charge in [0.1, 0.15) is 0 Å². The molecule has 0 aliphatic carbocycles. The summed E-state index contributed by atoms with van der Waals surface area (Å²) < 4.78 is 1.80. The molecule has 0 saturated heterocycles. The quantitative estimate of drug-likeness (QED) is 0.847. The molecular formula is C14H21N7O. The van der Waals surface area contributed by atoms with Crippen LogP contribution in [0.3, 0.4) is 0 Å². The number of tetrazole rings is 1. The Kier molecular flexibility index (Phi) is 4.17. The number of aryl methyl sites for hydroxylation is 4. The second kappa shape index (κ2) is 6.25. The molecule has 0 aromatic carbocycles. The molecule has 0 spiro atoms. The third-order valence-electron chi connectivity index (χ3n) is 4.34. The lowest BCUT2D eigenvalue weighted by atomic mass is 9.99. The van der Waals surface area contributed by atoms with E-state index in [4.69, 9.17) is 0 Å². The second-order valence-electron chi connectivity index (χ2n) is 5.80. The molecule has 0 saturated carbocycles. The maximum Gasteiger partial charge on any atom is 0.223 e. The minimum absolute atomic E-state index is 0.0232. The van der Waals surface area contributed by atoms with Crippen LogP contribution in [-0.4, -0.2) is 42.9 Å². The molecule has 2 N–H and O–H groups in total. The predicted molar refractivity (Wildman–Crippen MR) is 79.0 cm³/mol. The number of aromatic amines is 1. The van der Waals surface area contributed by atoms with Gasteiger partial charge in [0.2, 0.25) is 5.91 Å². The summed E-state index contributed by atoms with van der Waals surface area (Å²) in [6.45, 7) is 5.33. The van der Waals surface area contributed by atoms with Crippen molar-refractivity contribution in [2.24, 2.45) is 5.92 Å². The van der Waals surface area contributed by atoms with Gasteiger partial charge in [-0.2, -0.15) is 5.10 Å². The number of H-pyrrole nitrogens is 1. The first-order valence-corrected chi connectivity index (χ1v) is 7.68. The zero-order valence-electron chi connectivity index (χ0n) is 13.0. The number of hydrogen-bond acceptors (Lipinski definition) is 5. The maximum atomic E-state index is 12.3. The molecule has 8 heteroatoms. The average Bonchev–Trinajstić information content (AvgIpc) is 3.02. The molecule has 3 heterocycles. The maximum absolute atomic E-state index is 12.3. The number of rotatable bonds is 4. The van der Waals surface area contributed by atoms with E-state index < -0.39 is 0 Å². The molecule has 1 aliphatic rings. The fraction of sp³-hybridized carbons (Fsp3) is 0.643. The van der Waals surface area contributed by atoms with Crippen LogP contribution in [0, 0.1) is 19.8 Å². The molecule has 2 aromatic heterocycles. The first-order chi connectivity index (χ1) is 10.6. The fourth-order valence-electron chi connectivity index (χ4n) is 2.96. The summed E-state index contributed by atoms with van der Waals surface area (Å²) in [6, 6.07) is 0. The van der Waals surface area contributed by atoms with Crippen molar-refractivity contribution in [3.63, 3.8) is 0 Å². The van der Waals surface area contributed by atoms with Crippen LogP contribution in [-0.2, 0) is 24.2 Å². The summed E-state index contributed by atoms with van der Waals surface area (Å²) in [5.74, 6) is 1.02. The van der Waals surface area contributed by atoms with E-state index >= 15 is 0 Å². The highest BCUT2D eigenvalue weighted by molar-refractivity contribution is 5.78. The lowest BCUT2D eigenvalue weighted by Gasteiger charge is -2.13. The number of nitrogens with zero attached hydrogens (tertiary/aromatic N) is 5.